The molecular formula is C25H32ClN5O3S. The molecule has 0 aliphatic heterocycles. The molecule has 0 radical (unpaired) electrons. The van der Waals surface area contributed by atoms with Crippen LogP contribution in [0.4, 0.5) is 5.69 Å². The number of nitrogens with zero attached hydrogens (tertiary/aromatic N) is 2. The van der Waals surface area contributed by atoms with Gasteiger partial charge in [-0.05, 0) is 55.8 Å². The molecule has 2 aliphatic rings. The number of benzene rings is 1. The predicted octanol–water partition coefficient (Wildman–Crippen LogP) is 4.14. The number of hydrogen-bond acceptors (Lipinski definition) is 6. The van der Waals surface area contributed by atoms with Crippen molar-refractivity contribution in [2.24, 2.45) is 0 Å². The number of hydrogen-bond donors (Lipinski definition) is 3. The predicted molar refractivity (Wildman–Crippen MR) is 137 cm³/mol. The summed E-state index contributed by atoms with van der Waals surface area (Å²) in [6.45, 7) is 1.82. The van der Waals surface area contributed by atoms with Gasteiger partial charge in [0.25, 0.3) is 11.8 Å². The van der Waals surface area contributed by atoms with Gasteiger partial charge in [-0.3, -0.25) is 14.4 Å². The van der Waals surface area contributed by atoms with Crippen LogP contribution in [0.25, 0.3) is 0 Å². The van der Waals surface area contributed by atoms with Gasteiger partial charge in [0.15, 0.2) is 5.69 Å². The lowest BCUT2D eigenvalue weighted by Crippen LogP contribution is -2.49. The van der Waals surface area contributed by atoms with Crippen molar-refractivity contribution < 1.29 is 14.4 Å². The Morgan fingerprint density at radius 2 is 1.69 bits per heavy atom. The first-order valence-corrected chi connectivity index (χ1v) is 13.4. The molecule has 8 nitrogen and oxygen atoms in total. The molecule has 1 aromatic heterocycles. The fourth-order valence-electron chi connectivity index (χ4n) is 4.80. The molecule has 0 saturated heterocycles. The van der Waals surface area contributed by atoms with Crippen LogP contribution >= 0.6 is 23.1 Å². The number of amides is 3. The molecule has 1 aromatic carbocycles. The zero-order valence-corrected chi connectivity index (χ0v) is 21.5. The smallest absolute Gasteiger partial charge is 0.273 e. The Morgan fingerprint density at radius 1 is 1.09 bits per heavy atom. The highest BCUT2D eigenvalue weighted by atomic mass is 35.5. The number of carbonyl (C=O) groups is 3. The van der Waals surface area contributed by atoms with Crippen molar-refractivity contribution in [1.82, 2.24) is 19.9 Å². The van der Waals surface area contributed by atoms with Gasteiger partial charge in [0.2, 0.25) is 5.91 Å². The number of aromatic nitrogens is 1. The molecule has 2 saturated carbocycles. The Labute approximate surface area is 214 Å². The molecule has 4 N–H and O–H groups in total. The maximum absolute atomic E-state index is 13.7. The van der Waals surface area contributed by atoms with Gasteiger partial charge in [-0.25, -0.2) is 0 Å². The lowest BCUT2D eigenvalue weighted by molar-refractivity contribution is -0.126. The number of nitrogens with two attached hydrogens (primary N) is 1. The molecule has 1 atom stereocenters. The summed E-state index contributed by atoms with van der Waals surface area (Å²) < 4.78 is 4.20. The standard InChI is InChI=1S/C25H32ClN5O3S/c1-15(23(32)28-17-9-3-4-10-17)31(14-16-8-2-7-13-19(16)26)25(34)22-20(27)21(30-35-22)24(33)29-18-11-5-6-12-18/h2,7-8,13,15,17-18H,3-6,9-12,14,27H2,1H3,(H,28,32)(H,29,33)/t15-/m1/s1. The van der Waals surface area contributed by atoms with Crippen LogP contribution in [-0.4, -0.2) is 45.1 Å². The number of nitrogens with one attached hydrogen (secondary N) is 2. The molecule has 2 aromatic rings. The topological polar surface area (TPSA) is 117 Å². The van der Waals surface area contributed by atoms with Crippen LogP contribution in [0.5, 0.6) is 0 Å². The lowest BCUT2D eigenvalue weighted by atomic mass is 10.1. The maximum Gasteiger partial charge on any atom is 0.273 e. The summed E-state index contributed by atoms with van der Waals surface area (Å²) in [5.74, 6) is -1.04. The van der Waals surface area contributed by atoms with E-state index in [1.165, 1.54) is 4.90 Å². The normalized spacial score (nSPS) is 17.3. The van der Waals surface area contributed by atoms with E-state index < -0.39 is 11.9 Å². The first-order chi connectivity index (χ1) is 16.8. The Bertz CT molecular complexity index is 1080. The Hall–Kier alpha value is -2.65. The number of halogens is 1. The second kappa shape index (κ2) is 11.4. The third-order valence-electron chi connectivity index (χ3n) is 6.94. The molecule has 0 bridgehead atoms. The second-order valence-electron chi connectivity index (χ2n) is 9.42. The number of anilines is 1. The van der Waals surface area contributed by atoms with Crippen molar-refractivity contribution in [2.45, 2.75) is 83.0 Å². The van der Waals surface area contributed by atoms with Crippen molar-refractivity contribution in [2.75, 3.05) is 5.73 Å². The van der Waals surface area contributed by atoms with Crippen LogP contribution in [0.15, 0.2) is 24.3 Å². The summed E-state index contributed by atoms with van der Waals surface area (Å²) in [5, 5.41) is 6.54. The van der Waals surface area contributed by atoms with Crippen molar-refractivity contribution >= 4 is 46.5 Å². The van der Waals surface area contributed by atoms with Crippen LogP contribution in [-0.2, 0) is 11.3 Å². The molecule has 188 valence electrons. The molecule has 1 heterocycles. The summed E-state index contributed by atoms with van der Waals surface area (Å²) >= 11 is 7.26. The average Bonchev–Trinajstić information content (AvgIpc) is 3.61. The van der Waals surface area contributed by atoms with Gasteiger partial charge >= 0.3 is 0 Å². The zero-order chi connectivity index (χ0) is 24.9. The van der Waals surface area contributed by atoms with Gasteiger partial charge < -0.3 is 21.3 Å². The van der Waals surface area contributed by atoms with Gasteiger partial charge in [-0.2, -0.15) is 4.37 Å². The molecular weight excluding hydrogens is 486 g/mol. The number of carbonyl (C=O) groups excluding carboxylic acids is 3. The molecule has 2 aliphatic carbocycles. The zero-order valence-electron chi connectivity index (χ0n) is 19.9. The quantitative estimate of drug-likeness (QED) is 0.486. The Balaban J connectivity index is 1.56. The minimum Gasteiger partial charge on any atom is -0.395 e. The van der Waals surface area contributed by atoms with E-state index in [9.17, 15) is 14.4 Å². The van der Waals surface area contributed by atoms with Crippen molar-refractivity contribution in [3.63, 3.8) is 0 Å². The third-order valence-corrected chi connectivity index (χ3v) is 8.16. The minimum absolute atomic E-state index is 0.0445. The Morgan fingerprint density at radius 3 is 2.31 bits per heavy atom. The summed E-state index contributed by atoms with van der Waals surface area (Å²) in [7, 11) is 0. The van der Waals surface area contributed by atoms with Gasteiger partial charge in [0.1, 0.15) is 10.9 Å². The fraction of sp³-hybridized carbons (Fsp3) is 0.520. The van der Waals surface area contributed by atoms with E-state index in [-0.39, 0.29) is 46.7 Å². The van der Waals surface area contributed by atoms with Crippen LogP contribution < -0.4 is 16.4 Å². The van der Waals surface area contributed by atoms with E-state index in [2.05, 4.69) is 15.0 Å². The second-order valence-corrected chi connectivity index (χ2v) is 10.6. The minimum atomic E-state index is -0.767. The largest absolute Gasteiger partial charge is 0.395 e. The first-order valence-electron chi connectivity index (χ1n) is 12.3. The van der Waals surface area contributed by atoms with E-state index in [1.807, 2.05) is 18.2 Å². The van der Waals surface area contributed by atoms with Crippen LogP contribution in [0.3, 0.4) is 0 Å². The monoisotopic (exact) mass is 517 g/mol. The summed E-state index contributed by atoms with van der Waals surface area (Å²) in [6, 6.07) is 6.68. The summed E-state index contributed by atoms with van der Waals surface area (Å²) in [6.07, 6.45) is 8.09. The van der Waals surface area contributed by atoms with Gasteiger partial charge in [0.05, 0.1) is 5.69 Å². The number of rotatable bonds is 8. The average molecular weight is 518 g/mol. The highest BCUT2D eigenvalue weighted by Crippen LogP contribution is 2.28. The maximum atomic E-state index is 13.7. The SMILES string of the molecule is C[C@H](C(=O)NC1CCCC1)N(Cc1ccccc1Cl)C(=O)c1snc(C(=O)NC2CCCC2)c1N. The molecule has 4 rings (SSSR count). The third kappa shape index (κ3) is 5.95. The molecule has 0 spiro atoms. The van der Waals surface area contributed by atoms with Gasteiger partial charge in [-0.15, -0.1) is 0 Å². The fourth-order valence-corrected chi connectivity index (χ4v) is 5.75. The van der Waals surface area contributed by atoms with Crippen LogP contribution in [0, 0.1) is 0 Å². The number of nitrogen functional groups attached to an aromatic ring is 1. The van der Waals surface area contributed by atoms with Crippen molar-refractivity contribution in [3.05, 3.63) is 45.4 Å². The molecule has 10 heteroatoms. The summed E-state index contributed by atoms with van der Waals surface area (Å²) in [4.78, 5) is 41.1. The van der Waals surface area contributed by atoms with Crippen molar-refractivity contribution in [1.29, 1.82) is 0 Å². The van der Waals surface area contributed by atoms with Crippen LogP contribution in [0.2, 0.25) is 5.02 Å². The highest BCUT2D eigenvalue weighted by Gasteiger charge is 2.33. The van der Waals surface area contributed by atoms with E-state index >= 15 is 0 Å². The Kier molecular flexibility index (Phi) is 8.28. The molecule has 3 amide bonds. The van der Waals surface area contributed by atoms with E-state index in [0.29, 0.717) is 10.6 Å². The molecule has 2 fully saturated rings. The van der Waals surface area contributed by atoms with Crippen molar-refractivity contribution in [3.8, 4) is 0 Å². The highest BCUT2D eigenvalue weighted by molar-refractivity contribution is 7.09. The lowest BCUT2D eigenvalue weighted by Gasteiger charge is -2.29. The van der Waals surface area contributed by atoms with E-state index in [0.717, 1.165) is 62.9 Å². The van der Waals surface area contributed by atoms with E-state index in [1.54, 1.807) is 13.0 Å². The van der Waals surface area contributed by atoms with E-state index in [4.69, 9.17) is 17.3 Å². The molecule has 0 unspecified atom stereocenters. The van der Waals surface area contributed by atoms with Crippen LogP contribution in [0.1, 0.15) is 84.0 Å². The summed E-state index contributed by atoms with van der Waals surface area (Å²) in [5.41, 5.74) is 7.08. The van der Waals surface area contributed by atoms with Gasteiger partial charge in [0, 0.05) is 23.7 Å². The van der Waals surface area contributed by atoms with Gasteiger partial charge in [-0.1, -0.05) is 55.5 Å². The first kappa shape index (κ1) is 25.4. The molecule has 35 heavy (non-hydrogen) atoms.